The monoisotopic (exact) mass is 313 g/mol. The molecule has 120 valence electrons. The molecule has 1 unspecified atom stereocenters. The normalized spacial score (nSPS) is 16.2. The first-order valence-corrected chi connectivity index (χ1v) is 7.31. The molecule has 0 bridgehead atoms. The van der Waals surface area contributed by atoms with Gasteiger partial charge in [0.2, 0.25) is 0 Å². The number of anilines is 1. The van der Waals surface area contributed by atoms with Crippen LogP contribution in [-0.4, -0.2) is 25.1 Å². The van der Waals surface area contributed by atoms with Crippen molar-refractivity contribution in [2.75, 3.05) is 19.5 Å². The molecular formula is C17H19N3O3. The van der Waals surface area contributed by atoms with Crippen LogP contribution in [0, 0.1) is 13.8 Å². The average Bonchev–Trinajstić information content (AvgIpc) is 2.52. The molecule has 1 amide bonds. The average molecular weight is 313 g/mol. The summed E-state index contributed by atoms with van der Waals surface area (Å²) in [5.41, 5.74) is 3.16. The molecule has 23 heavy (non-hydrogen) atoms. The van der Waals surface area contributed by atoms with E-state index in [1.165, 1.54) is 0 Å². The molecule has 2 aromatic rings. The highest BCUT2D eigenvalue weighted by Gasteiger charge is 2.29. The number of nitrogens with zero attached hydrogens (tertiary/aromatic N) is 1. The van der Waals surface area contributed by atoms with Crippen LogP contribution in [0.2, 0.25) is 0 Å². The molecule has 1 aromatic carbocycles. The van der Waals surface area contributed by atoms with E-state index in [-0.39, 0.29) is 5.91 Å². The van der Waals surface area contributed by atoms with Crippen molar-refractivity contribution in [1.82, 2.24) is 10.3 Å². The van der Waals surface area contributed by atoms with Crippen molar-refractivity contribution >= 4 is 11.7 Å². The molecule has 1 aliphatic rings. The zero-order valence-corrected chi connectivity index (χ0v) is 13.6. The van der Waals surface area contributed by atoms with E-state index < -0.39 is 6.17 Å². The van der Waals surface area contributed by atoms with Gasteiger partial charge in [0, 0.05) is 17.3 Å². The van der Waals surface area contributed by atoms with Crippen molar-refractivity contribution in [2.45, 2.75) is 20.0 Å². The first-order chi connectivity index (χ1) is 11.0. The number of fused-ring (bicyclic) bond motifs is 1. The van der Waals surface area contributed by atoms with Crippen molar-refractivity contribution in [3.8, 4) is 11.5 Å². The number of pyridine rings is 1. The van der Waals surface area contributed by atoms with Gasteiger partial charge in [-0.2, -0.15) is 0 Å². The Balaban J connectivity index is 2.02. The summed E-state index contributed by atoms with van der Waals surface area (Å²) < 4.78 is 10.6. The summed E-state index contributed by atoms with van der Waals surface area (Å²) >= 11 is 0. The Bertz CT molecular complexity index is 774. The van der Waals surface area contributed by atoms with Gasteiger partial charge in [0.25, 0.3) is 5.91 Å². The van der Waals surface area contributed by atoms with Crippen molar-refractivity contribution in [2.24, 2.45) is 0 Å². The number of methoxy groups -OCH3 is 2. The highest BCUT2D eigenvalue weighted by molar-refractivity contribution is 6.02. The third-order valence-electron chi connectivity index (χ3n) is 3.88. The lowest BCUT2D eigenvalue weighted by Gasteiger charge is -2.29. The number of rotatable bonds is 3. The molecule has 0 aliphatic carbocycles. The summed E-state index contributed by atoms with van der Waals surface area (Å²) in [5.74, 6) is 1.77. The molecule has 0 radical (unpaired) electrons. The second kappa shape index (κ2) is 5.79. The summed E-state index contributed by atoms with van der Waals surface area (Å²) in [6.07, 6.45) is -0.412. The molecule has 3 rings (SSSR count). The van der Waals surface area contributed by atoms with Gasteiger partial charge in [-0.15, -0.1) is 0 Å². The third-order valence-corrected chi connectivity index (χ3v) is 3.88. The van der Waals surface area contributed by atoms with Gasteiger partial charge >= 0.3 is 0 Å². The van der Waals surface area contributed by atoms with Gasteiger partial charge in [-0.3, -0.25) is 4.79 Å². The van der Waals surface area contributed by atoms with E-state index in [4.69, 9.17) is 9.47 Å². The van der Waals surface area contributed by atoms with Gasteiger partial charge in [0.1, 0.15) is 23.5 Å². The quantitative estimate of drug-likeness (QED) is 0.911. The zero-order chi connectivity index (χ0) is 16.6. The van der Waals surface area contributed by atoms with Gasteiger partial charge in [-0.1, -0.05) is 0 Å². The van der Waals surface area contributed by atoms with E-state index in [2.05, 4.69) is 15.6 Å². The van der Waals surface area contributed by atoms with Crippen LogP contribution in [0.4, 0.5) is 5.82 Å². The summed E-state index contributed by atoms with van der Waals surface area (Å²) in [4.78, 5) is 16.9. The predicted molar refractivity (Wildman–Crippen MR) is 87.1 cm³/mol. The van der Waals surface area contributed by atoms with Gasteiger partial charge in [-0.05, 0) is 37.6 Å². The lowest BCUT2D eigenvalue weighted by Crippen LogP contribution is -2.39. The lowest BCUT2D eigenvalue weighted by atomic mass is 10.0. The van der Waals surface area contributed by atoms with Crippen LogP contribution in [0.15, 0.2) is 24.3 Å². The Morgan fingerprint density at radius 2 is 1.87 bits per heavy atom. The van der Waals surface area contributed by atoms with Crippen LogP contribution >= 0.6 is 0 Å². The third kappa shape index (κ3) is 2.67. The number of nitrogens with one attached hydrogen (secondary N) is 2. The Morgan fingerprint density at radius 3 is 2.57 bits per heavy atom. The SMILES string of the molecule is COc1ccc(C2NC(=O)c3c(C)cc(C)nc3N2)c(OC)c1. The molecule has 0 saturated carbocycles. The summed E-state index contributed by atoms with van der Waals surface area (Å²) in [6.45, 7) is 3.81. The largest absolute Gasteiger partial charge is 0.497 e. The summed E-state index contributed by atoms with van der Waals surface area (Å²) in [7, 11) is 3.18. The first kappa shape index (κ1) is 15.1. The summed E-state index contributed by atoms with van der Waals surface area (Å²) in [6, 6.07) is 7.38. The van der Waals surface area contributed by atoms with Crippen LogP contribution in [0.1, 0.15) is 33.3 Å². The zero-order valence-electron chi connectivity index (χ0n) is 13.6. The number of ether oxygens (including phenoxy) is 2. The number of hydrogen-bond donors (Lipinski definition) is 2. The van der Waals surface area contributed by atoms with E-state index >= 15 is 0 Å². The molecule has 1 atom stereocenters. The van der Waals surface area contributed by atoms with E-state index in [0.717, 1.165) is 16.8 Å². The van der Waals surface area contributed by atoms with E-state index in [1.807, 2.05) is 32.0 Å². The molecule has 1 aromatic heterocycles. The van der Waals surface area contributed by atoms with Crippen molar-refractivity contribution in [3.63, 3.8) is 0 Å². The van der Waals surface area contributed by atoms with Gasteiger partial charge in [0.05, 0.1) is 19.8 Å². The van der Waals surface area contributed by atoms with Crippen molar-refractivity contribution in [3.05, 3.63) is 46.6 Å². The number of benzene rings is 1. The number of aromatic nitrogens is 1. The fraction of sp³-hybridized carbons (Fsp3) is 0.294. The number of aryl methyl sites for hydroxylation is 2. The van der Waals surface area contributed by atoms with E-state index in [9.17, 15) is 4.79 Å². The topological polar surface area (TPSA) is 72.5 Å². The fourth-order valence-electron chi connectivity index (χ4n) is 2.82. The van der Waals surface area contributed by atoms with Crippen molar-refractivity contribution < 1.29 is 14.3 Å². The Morgan fingerprint density at radius 1 is 1.09 bits per heavy atom. The maximum Gasteiger partial charge on any atom is 0.257 e. The maximum absolute atomic E-state index is 12.5. The highest BCUT2D eigenvalue weighted by atomic mass is 16.5. The minimum absolute atomic E-state index is 0.147. The highest BCUT2D eigenvalue weighted by Crippen LogP contribution is 2.33. The standard InChI is InChI=1S/C17H19N3O3/c1-9-7-10(2)18-16-14(9)17(21)20-15(19-16)12-6-5-11(22-3)8-13(12)23-4/h5-8,15H,1-4H3,(H,18,19)(H,20,21). The molecule has 0 saturated heterocycles. The van der Waals surface area contributed by atoms with Gasteiger partial charge < -0.3 is 20.1 Å². The molecule has 0 fully saturated rings. The predicted octanol–water partition coefficient (Wildman–Crippen LogP) is 2.57. The minimum Gasteiger partial charge on any atom is -0.497 e. The fourth-order valence-corrected chi connectivity index (χ4v) is 2.82. The number of carbonyl (C=O) groups is 1. The van der Waals surface area contributed by atoms with Crippen LogP contribution in [0.5, 0.6) is 11.5 Å². The number of hydrogen-bond acceptors (Lipinski definition) is 5. The van der Waals surface area contributed by atoms with Gasteiger partial charge in [-0.25, -0.2) is 4.98 Å². The van der Waals surface area contributed by atoms with Crippen LogP contribution in [-0.2, 0) is 0 Å². The molecule has 6 nitrogen and oxygen atoms in total. The first-order valence-electron chi connectivity index (χ1n) is 7.31. The molecule has 2 heterocycles. The van der Waals surface area contributed by atoms with Crippen molar-refractivity contribution in [1.29, 1.82) is 0 Å². The number of amides is 1. The molecule has 1 aliphatic heterocycles. The van der Waals surface area contributed by atoms with Crippen LogP contribution in [0.3, 0.4) is 0 Å². The van der Waals surface area contributed by atoms with Gasteiger partial charge in [0.15, 0.2) is 0 Å². The lowest BCUT2D eigenvalue weighted by molar-refractivity contribution is 0.0934. The minimum atomic E-state index is -0.412. The van der Waals surface area contributed by atoms with E-state index in [0.29, 0.717) is 22.9 Å². The smallest absolute Gasteiger partial charge is 0.257 e. The summed E-state index contributed by atoms with van der Waals surface area (Å²) in [5, 5.41) is 6.22. The molecular weight excluding hydrogens is 294 g/mol. The van der Waals surface area contributed by atoms with E-state index in [1.54, 1.807) is 20.3 Å². The molecule has 2 N–H and O–H groups in total. The van der Waals surface area contributed by atoms with Crippen LogP contribution < -0.4 is 20.1 Å². The second-order valence-corrected chi connectivity index (χ2v) is 5.46. The molecule has 6 heteroatoms. The Kier molecular flexibility index (Phi) is 3.82. The Hall–Kier alpha value is -2.76. The second-order valence-electron chi connectivity index (χ2n) is 5.46. The number of carbonyl (C=O) groups excluding carboxylic acids is 1. The maximum atomic E-state index is 12.5. The Labute approximate surface area is 134 Å². The van der Waals surface area contributed by atoms with Crippen LogP contribution in [0.25, 0.3) is 0 Å². The molecule has 0 spiro atoms.